The van der Waals surface area contributed by atoms with E-state index in [0.29, 0.717) is 46.8 Å². The van der Waals surface area contributed by atoms with Crippen molar-refractivity contribution < 1.29 is 23.5 Å². The van der Waals surface area contributed by atoms with Crippen molar-refractivity contribution >= 4 is 40.3 Å². The molecule has 4 rings (SSSR count). The summed E-state index contributed by atoms with van der Waals surface area (Å²) in [6.07, 6.45) is 0.980. The SMILES string of the molecule is COc1cc(NC(=O)c2cc(F)ccc2C)ccc1C(=O)N1CCCC(=O)c2sccc21. The third kappa shape index (κ3) is 4.13. The van der Waals surface area contributed by atoms with Gasteiger partial charge in [-0.3, -0.25) is 14.4 Å². The molecule has 2 aromatic carbocycles. The summed E-state index contributed by atoms with van der Waals surface area (Å²) in [5, 5.41) is 4.52. The minimum absolute atomic E-state index is 0.0444. The number of halogens is 1. The average Bonchev–Trinajstić information content (AvgIpc) is 3.21. The number of thiophene rings is 1. The molecule has 164 valence electrons. The molecule has 6 nitrogen and oxygen atoms in total. The molecule has 32 heavy (non-hydrogen) atoms. The fraction of sp³-hybridized carbons (Fsp3) is 0.208. The number of rotatable bonds is 4. The van der Waals surface area contributed by atoms with Crippen LogP contribution in [0.1, 0.15) is 48.8 Å². The predicted octanol–water partition coefficient (Wildman–Crippen LogP) is 5.08. The first-order valence-electron chi connectivity index (χ1n) is 10.1. The van der Waals surface area contributed by atoms with E-state index in [1.54, 1.807) is 41.5 Å². The zero-order valence-corrected chi connectivity index (χ0v) is 18.4. The van der Waals surface area contributed by atoms with E-state index < -0.39 is 11.7 Å². The van der Waals surface area contributed by atoms with Crippen molar-refractivity contribution in [3.8, 4) is 5.75 Å². The molecule has 0 aliphatic carbocycles. The van der Waals surface area contributed by atoms with Gasteiger partial charge in [-0.15, -0.1) is 11.3 Å². The van der Waals surface area contributed by atoms with Crippen LogP contribution in [0.15, 0.2) is 47.8 Å². The highest BCUT2D eigenvalue weighted by Gasteiger charge is 2.28. The first-order chi connectivity index (χ1) is 15.4. The van der Waals surface area contributed by atoms with Gasteiger partial charge in [0.2, 0.25) is 0 Å². The Morgan fingerprint density at radius 3 is 2.72 bits per heavy atom. The minimum atomic E-state index is -0.497. The Morgan fingerprint density at radius 1 is 1.12 bits per heavy atom. The number of ketones is 1. The highest BCUT2D eigenvalue weighted by Crippen LogP contribution is 2.34. The summed E-state index contributed by atoms with van der Waals surface area (Å²) < 4.78 is 19.0. The van der Waals surface area contributed by atoms with Gasteiger partial charge in [0.25, 0.3) is 11.8 Å². The maximum atomic E-state index is 13.6. The van der Waals surface area contributed by atoms with Crippen LogP contribution in [-0.4, -0.2) is 31.3 Å². The molecule has 0 saturated heterocycles. The van der Waals surface area contributed by atoms with Gasteiger partial charge in [0.05, 0.1) is 23.2 Å². The quantitative estimate of drug-likeness (QED) is 0.599. The number of hydrogen-bond acceptors (Lipinski definition) is 5. The van der Waals surface area contributed by atoms with E-state index in [1.165, 1.54) is 36.6 Å². The molecule has 0 radical (unpaired) electrons. The summed E-state index contributed by atoms with van der Waals surface area (Å²) in [5.74, 6) is -0.908. The maximum absolute atomic E-state index is 13.6. The summed E-state index contributed by atoms with van der Waals surface area (Å²) in [6, 6.07) is 10.5. The van der Waals surface area contributed by atoms with E-state index in [0.717, 1.165) is 0 Å². The monoisotopic (exact) mass is 452 g/mol. The lowest BCUT2D eigenvalue weighted by atomic mass is 10.1. The van der Waals surface area contributed by atoms with Crippen molar-refractivity contribution in [2.24, 2.45) is 0 Å². The normalized spacial score (nSPS) is 13.3. The van der Waals surface area contributed by atoms with E-state index in [1.807, 2.05) is 0 Å². The van der Waals surface area contributed by atoms with Crippen molar-refractivity contribution in [2.75, 3.05) is 23.9 Å². The molecule has 0 fully saturated rings. The number of carbonyl (C=O) groups excluding carboxylic acids is 3. The first-order valence-corrected chi connectivity index (χ1v) is 10.9. The van der Waals surface area contributed by atoms with E-state index in [2.05, 4.69) is 5.32 Å². The van der Waals surface area contributed by atoms with Crippen molar-refractivity contribution in [3.05, 3.63) is 75.2 Å². The Labute approximate surface area is 188 Å². The van der Waals surface area contributed by atoms with Crippen LogP contribution < -0.4 is 15.0 Å². The molecule has 0 spiro atoms. The molecule has 2 amide bonds. The number of methoxy groups -OCH3 is 1. The maximum Gasteiger partial charge on any atom is 0.262 e. The van der Waals surface area contributed by atoms with Crippen LogP contribution in [-0.2, 0) is 0 Å². The number of amides is 2. The van der Waals surface area contributed by atoms with Crippen molar-refractivity contribution in [1.29, 1.82) is 0 Å². The number of nitrogens with zero attached hydrogens (tertiary/aromatic N) is 1. The smallest absolute Gasteiger partial charge is 0.262 e. The Bertz CT molecular complexity index is 1220. The highest BCUT2D eigenvalue weighted by molar-refractivity contribution is 7.12. The third-order valence-corrected chi connectivity index (χ3v) is 6.30. The first kappa shape index (κ1) is 21.7. The van der Waals surface area contributed by atoms with Gasteiger partial charge in [0.1, 0.15) is 11.6 Å². The number of hydrogen-bond donors (Lipinski definition) is 1. The van der Waals surface area contributed by atoms with Gasteiger partial charge in [-0.2, -0.15) is 0 Å². The standard InChI is InChI=1S/C24H21FN2O4S/c1-14-5-6-15(25)12-18(14)23(29)26-16-7-8-17(21(13-16)31-2)24(30)27-10-3-4-20(28)22-19(27)9-11-32-22/h5-9,11-13H,3-4,10H2,1-2H3,(H,26,29). The number of carbonyl (C=O) groups is 3. The molecule has 0 saturated carbocycles. The number of fused-ring (bicyclic) bond motifs is 1. The summed E-state index contributed by atoms with van der Waals surface area (Å²) in [4.78, 5) is 40.4. The van der Waals surface area contributed by atoms with Gasteiger partial charge in [-0.1, -0.05) is 6.07 Å². The minimum Gasteiger partial charge on any atom is -0.496 e. The lowest BCUT2D eigenvalue weighted by Crippen LogP contribution is -2.31. The number of anilines is 2. The second-order valence-corrected chi connectivity index (χ2v) is 8.36. The third-order valence-electron chi connectivity index (χ3n) is 5.35. The molecule has 1 aromatic heterocycles. The van der Waals surface area contributed by atoms with Crippen molar-refractivity contribution in [2.45, 2.75) is 19.8 Å². The highest BCUT2D eigenvalue weighted by atomic mass is 32.1. The van der Waals surface area contributed by atoms with Crippen LogP contribution in [0.3, 0.4) is 0 Å². The number of Topliss-reactive ketones (excluding diaryl/α,β-unsaturated/α-hetero) is 1. The van der Waals surface area contributed by atoms with Crippen LogP contribution >= 0.6 is 11.3 Å². The number of ether oxygens (including phenoxy) is 1. The molecular weight excluding hydrogens is 431 g/mol. The molecule has 8 heteroatoms. The fourth-order valence-electron chi connectivity index (χ4n) is 3.69. The Morgan fingerprint density at radius 2 is 1.94 bits per heavy atom. The van der Waals surface area contributed by atoms with E-state index in [4.69, 9.17) is 4.74 Å². The topological polar surface area (TPSA) is 75.7 Å². The van der Waals surface area contributed by atoms with Crippen molar-refractivity contribution in [1.82, 2.24) is 0 Å². The van der Waals surface area contributed by atoms with Crippen LogP contribution in [0.25, 0.3) is 0 Å². The summed E-state index contributed by atoms with van der Waals surface area (Å²) >= 11 is 1.33. The molecule has 1 N–H and O–H groups in total. The largest absolute Gasteiger partial charge is 0.496 e. The molecule has 1 aliphatic heterocycles. The molecule has 1 aliphatic rings. The number of nitrogens with one attached hydrogen (secondary N) is 1. The van der Waals surface area contributed by atoms with E-state index in [-0.39, 0.29) is 23.0 Å². The van der Waals surface area contributed by atoms with Gasteiger partial charge >= 0.3 is 0 Å². The average molecular weight is 453 g/mol. The molecule has 0 atom stereocenters. The number of aryl methyl sites for hydroxylation is 1. The fourth-order valence-corrected chi connectivity index (χ4v) is 4.56. The zero-order chi connectivity index (χ0) is 22.8. The Kier molecular flexibility index (Phi) is 6.05. The summed E-state index contributed by atoms with van der Waals surface area (Å²) in [7, 11) is 1.44. The van der Waals surface area contributed by atoms with Crippen molar-refractivity contribution in [3.63, 3.8) is 0 Å². The zero-order valence-electron chi connectivity index (χ0n) is 17.6. The second kappa shape index (κ2) is 8.92. The lowest BCUT2D eigenvalue weighted by Gasteiger charge is -2.22. The molecule has 3 aromatic rings. The van der Waals surface area contributed by atoms with E-state index >= 15 is 0 Å². The van der Waals surface area contributed by atoms with Gasteiger partial charge in [0.15, 0.2) is 5.78 Å². The van der Waals surface area contributed by atoms with Crippen LogP contribution in [0.2, 0.25) is 0 Å². The molecule has 2 heterocycles. The number of benzene rings is 2. The molecule has 0 unspecified atom stereocenters. The van der Waals surface area contributed by atoms with Gasteiger partial charge < -0.3 is 15.0 Å². The van der Waals surface area contributed by atoms with E-state index in [9.17, 15) is 18.8 Å². The predicted molar refractivity (Wildman–Crippen MR) is 122 cm³/mol. The van der Waals surface area contributed by atoms with Crippen LogP contribution in [0.4, 0.5) is 15.8 Å². The Balaban J connectivity index is 1.61. The lowest BCUT2D eigenvalue weighted by molar-refractivity contribution is 0.0973. The van der Waals surface area contributed by atoms with Crippen LogP contribution in [0.5, 0.6) is 5.75 Å². The van der Waals surface area contributed by atoms with Gasteiger partial charge in [0, 0.05) is 30.3 Å². The second-order valence-electron chi connectivity index (χ2n) is 7.45. The van der Waals surface area contributed by atoms with Gasteiger partial charge in [-0.25, -0.2) is 4.39 Å². The molecule has 0 bridgehead atoms. The summed E-state index contributed by atoms with van der Waals surface area (Å²) in [5.41, 5.74) is 2.21. The van der Waals surface area contributed by atoms with Gasteiger partial charge in [-0.05, 0) is 54.6 Å². The van der Waals surface area contributed by atoms with Crippen LogP contribution in [0, 0.1) is 12.7 Å². The Hall–Kier alpha value is -3.52. The molecular formula is C24H21FN2O4S. The summed E-state index contributed by atoms with van der Waals surface area (Å²) in [6.45, 7) is 2.15.